The lowest BCUT2D eigenvalue weighted by molar-refractivity contribution is 0.104. The average molecular weight is 312 g/mol. The number of amides is 1. The molecule has 0 spiro atoms. The van der Waals surface area contributed by atoms with Gasteiger partial charge in [-0.25, -0.2) is 4.79 Å². The van der Waals surface area contributed by atoms with Gasteiger partial charge in [0.2, 0.25) is 0 Å². The molecule has 0 aliphatic carbocycles. The van der Waals surface area contributed by atoms with Crippen molar-refractivity contribution in [2.75, 3.05) is 26.4 Å². The Bertz CT molecular complexity index is 436. The molecule has 0 fully saturated rings. The fourth-order valence-electron chi connectivity index (χ4n) is 1.56. The van der Waals surface area contributed by atoms with E-state index in [2.05, 4.69) is 10.1 Å². The Hall–Kier alpha value is -1.99. The Balaban J connectivity index is 2.25. The van der Waals surface area contributed by atoms with Gasteiger partial charge in [-0.2, -0.15) is 0 Å². The molecule has 0 aliphatic rings. The highest BCUT2D eigenvalue weighted by atomic mass is 16.6. The largest absolute Gasteiger partial charge is 0.491 e. The lowest BCUT2D eigenvalue weighted by Gasteiger charge is -2.15. The van der Waals surface area contributed by atoms with Crippen molar-refractivity contribution in [2.24, 2.45) is 5.73 Å². The zero-order valence-electron chi connectivity index (χ0n) is 13.0. The highest BCUT2D eigenvalue weighted by Gasteiger charge is 2.06. The van der Waals surface area contributed by atoms with Crippen molar-refractivity contribution in [3.8, 4) is 11.5 Å². The fraction of sp³-hybridized carbons (Fsp3) is 0.533. The zero-order valence-corrected chi connectivity index (χ0v) is 13.0. The van der Waals surface area contributed by atoms with E-state index in [1.165, 1.54) is 0 Å². The second-order valence-corrected chi connectivity index (χ2v) is 5.02. The first kappa shape index (κ1) is 18.1. The smallest absolute Gasteiger partial charge is 0.404 e. The number of aliphatic hydroxyl groups excluding tert-OH is 1. The molecule has 0 heterocycles. The van der Waals surface area contributed by atoms with Crippen LogP contribution in [0.2, 0.25) is 0 Å². The van der Waals surface area contributed by atoms with Crippen LogP contribution >= 0.6 is 0 Å². The number of carbonyl (C=O) groups excluding carboxylic acids is 1. The van der Waals surface area contributed by atoms with Gasteiger partial charge in [0.1, 0.15) is 37.4 Å². The number of carbonyl (C=O) groups is 1. The van der Waals surface area contributed by atoms with Crippen LogP contribution in [0.25, 0.3) is 0 Å². The summed E-state index contributed by atoms with van der Waals surface area (Å²) < 4.78 is 15.4. The number of rotatable bonds is 10. The summed E-state index contributed by atoms with van der Waals surface area (Å²) in [5.74, 6) is 1.27. The van der Waals surface area contributed by atoms with Gasteiger partial charge in [0, 0.05) is 12.6 Å². The molecule has 4 N–H and O–H groups in total. The first-order chi connectivity index (χ1) is 10.5. The van der Waals surface area contributed by atoms with E-state index in [-0.39, 0.29) is 19.8 Å². The Morgan fingerprint density at radius 1 is 1.18 bits per heavy atom. The van der Waals surface area contributed by atoms with Crippen molar-refractivity contribution in [2.45, 2.75) is 26.0 Å². The van der Waals surface area contributed by atoms with Crippen molar-refractivity contribution in [1.82, 2.24) is 5.32 Å². The number of ether oxygens (including phenoxy) is 3. The molecule has 1 atom stereocenters. The summed E-state index contributed by atoms with van der Waals surface area (Å²) in [5, 5.41) is 12.9. The van der Waals surface area contributed by atoms with Crippen LogP contribution in [0.1, 0.15) is 13.8 Å². The number of nitrogens with one attached hydrogen (secondary N) is 1. The normalized spacial score (nSPS) is 12.0. The molecule has 0 bridgehead atoms. The van der Waals surface area contributed by atoms with Crippen LogP contribution in [-0.2, 0) is 4.74 Å². The summed E-state index contributed by atoms with van der Waals surface area (Å²) >= 11 is 0. The van der Waals surface area contributed by atoms with Gasteiger partial charge in [-0.3, -0.25) is 0 Å². The third-order valence-electron chi connectivity index (χ3n) is 2.62. The van der Waals surface area contributed by atoms with Crippen LogP contribution in [0.15, 0.2) is 24.3 Å². The average Bonchev–Trinajstić information content (AvgIpc) is 2.48. The third-order valence-corrected chi connectivity index (χ3v) is 2.62. The zero-order chi connectivity index (χ0) is 16.4. The Morgan fingerprint density at radius 3 is 2.32 bits per heavy atom. The molecular weight excluding hydrogens is 288 g/mol. The third kappa shape index (κ3) is 8.33. The van der Waals surface area contributed by atoms with Crippen molar-refractivity contribution in [3.63, 3.8) is 0 Å². The molecule has 22 heavy (non-hydrogen) atoms. The van der Waals surface area contributed by atoms with E-state index in [1.807, 2.05) is 13.8 Å². The van der Waals surface area contributed by atoms with Gasteiger partial charge < -0.3 is 30.4 Å². The van der Waals surface area contributed by atoms with Crippen LogP contribution < -0.4 is 20.5 Å². The van der Waals surface area contributed by atoms with Gasteiger partial charge in [0.25, 0.3) is 0 Å². The number of hydrogen-bond acceptors (Lipinski definition) is 6. The minimum atomic E-state index is -0.821. The topological polar surface area (TPSA) is 103 Å². The van der Waals surface area contributed by atoms with E-state index in [9.17, 15) is 9.90 Å². The fourth-order valence-corrected chi connectivity index (χ4v) is 1.56. The molecule has 1 aromatic carbocycles. The molecule has 0 saturated carbocycles. The van der Waals surface area contributed by atoms with E-state index >= 15 is 0 Å². The van der Waals surface area contributed by atoms with E-state index in [1.54, 1.807) is 24.3 Å². The summed E-state index contributed by atoms with van der Waals surface area (Å²) in [6.45, 7) is 5.05. The lowest BCUT2D eigenvalue weighted by Crippen LogP contribution is -2.35. The quantitative estimate of drug-likeness (QED) is 0.555. The van der Waals surface area contributed by atoms with E-state index < -0.39 is 12.2 Å². The predicted octanol–water partition coefficient (Wildman–Crippen LogP) is 0.898. The molecule has 0 aromatic heterocycles. The Labute approximate surface area is 130 Å². The molecule has 1 unspecified atom stereocenters. The van der Waals surface area contributed by atoms with Gasteiger partial charge >= 0.3 is 6.09 Å². The molecule has 7 nitrogen and oxygen atoms in total. The van der Waals surface area contributed by atoms with Crippen LogP contribution in [0, 0.1) is 0 Å². The summed E-state index contributed by atoms with van der Waals surface area (Å²) in [7, 11) is 0. The summed E-state index contributed by atoms with van der Waals surface area (Å²) in [6.07, 6.45) is -1.39. The van der Waals surface area contributed by atoms with Crippen molar-refractivity contribution in [3.05, 3.63) is 24.3 Å². The maximum absolute atomic E-state index is 10.4. The molecule has 0 saturated heterocycles. The number of benzene rings is 1. The van der Waals surface area contributed by atoms with E-state index in [4.69, 9.17) is 15.2 Å². The summed E-state index contributed by atoms with van der Waals surface area (Å²) in [6, 6.07) is 7.28. The van der Waals surface area contributed by atoms with Crippen LogP contribution in [0.4, 0.5) is 4.79 Å². The van der Waals surface area contributed by atoms with Crippen molar-refractivity contribution in [1.29, 1.82) is 0 Å². The molecule has 0 radical (unpaired) electrons. The van der Waals surface area contributed by atoms with Crippen LogP contribution in [-0.4, -0.2) is 49.7 Å². The highest BCUT2D eigenvalue weighted by molar-refractivity contribution is 5.64. The van der Waals surface area contributed by atoms with Crippen LogP contribution in [0.3, 0.4) is 0 Å². The molecule has 0 aliphatic heterocycles. The molecule has 7 heteroatoms. The SMILES string of the molecule is CC(C)NCC(O)COc1ccc(OCCOC(N)=O)cc1. The Morgan fingerprint density at radius 2 is 1.77 bits per heavy atom. The molecule has 1 rings (SSSR count). The first-order valence-electron chi connectivity index (χ1n) is 7.16. The maximum atomic E-state index is 10.4. The first-order valence-corrected chi connectivity index (χ1v) is 7.16. The van der Waals surface area contributed by atoms with Crippen LogP contribution in [0.5, 0.6) is 11.5 Å². The highest BCUT2D eigenvalue weighted by Crippen LogP contribution is 2.17. The minimum Gasteiger partial charge on any atom is -0.491 e. The Kier molecular flexibility index (Phi) is 8.09. The molecule has 1 amide bonds. The van der Waals surface area contributed by atoms with Gasteiger partial charge in [0.15, 0.2) is 0 Å². The number of hydrogen-bond donors (Lipinski definition) is 3. The lowest BCUT2D eigenvalue weighted by atomic mass is 10.3. The van der Waals surface area contributed by atoms with E-state index in [0.29, 0.717) is 24.1 Å². The van der Waals surface area contributed by atoms with Gasteiger partial charge in [-0.15, -0.1) is 0 Å². The maximum Gasteiger partial charge on any atom is 0.404 e. The second-order valence-electron chi connectivity index (χ2n) is 5.02. The number of primary amides is 1. The van der Waals surface area contributed by atoms with Gasteiger partial charge in [0.05, 0.1) is 0 Å². The molecular formula is C15H24N2O5. The second kappa shape index (κ2) is 9.86. The minimum absolute atomic E-state index is 0.0998. The van der Waals surface area contributed by atoms with E-state index in [0.717, 1.165) is 0 Å². The predicted molar refractivity (Wildman–Crippen MR) is 82.1 cm³/mol. The van der Waals surface area contributed by atoms with Gasteiger partial charge in [-0.05, 0) is 24.3 Å². The van der Waals surface area contributed by atoms with Crippen molar-refractivity contribution >= 4 is 6.09 Å². The number of aliphatic hydroxyl groups is 1. The summed E-state index contributed by atoms with van der Waals surface area (Å²) in [5.41, 5.74) is 4.83. The molecule has 124 valence electrons. The number of nitrogens with two attached hydrogens (primary N) is 1. The monoisotopic (exact) mass is 312 g/mol. The van der Waals surface area contributed by atoms with Gasteiger partial charge in [-0.1, -0.05) is 13.8 Å². The summed E-state index contributed by atoms with van der Waals surface area (Å²) in [4.78, 5) is 10.4. The van der Waals surface area contributed by atoms with Crippen molar-refractivity contribution < 1.29 is 24.1 Å². The standard InChI is InChI=1S/C15H24N2O5/c1-11(2)17-9-12(18)10-22-14-5-3-13(4-6-14)20-7-8-21-15(16)19/h3-6,11-12,17-18H,7-10H2,1-2H3,(H2,16,19). The molecule has 1 aromatic rings.